The van der Waals surface area contributed by atoms with Gasteiger partial charge in [-0.1, -0.05) is 11.6 Å². The Kier molecular flexibility index (Phi) is 4.32. The number of halogens is 1. The Hall–Kier alpha value is -1.00. The van der Waals surface area contributed by atoms with E-state index in [1.807, 2.05) is 6.07 Å². The van der Waals surface area contributed by atoms with Crippen LogP contribution in [0.1, 0.15) is 25.7 Å². The van der Waals surface area contributed by atoms with Crippen molar-refractivity contribution in [1.82, 2.24) is 9.88 Å². The molecule has 0 spiro atoms. The lowest BCUT2D eigenvalue weighted by Gasteiger charge is -2.34. The van der Waals surface area contributed by atoms with Crippen molar-refractivity contribution < 1.29 is 0 Å². The molecule has 0 unspecified atom stereocenters. The van der Waals surface area contributed by atoms with Crippen LogP contribution in [0.4, 0.5) is 11.5 Å². The number of pyridine rings is 1. The Morgan fingerprint density at radius 1 is 1.15 bits per heavy atom. The third kappa shape index (κ3) is 3.36. The number of aromatic nitrogens is 1. The van der Waals surface area contributed by atoms with E-state index in [0.717, 1.165) is 24.8 Å². The van der Waals surface area contributed by atoms with Crippen LogP contribution in [-0.2, 0) is 0 Å². The molecule has 0 aromatic carbocycles. The molecule has 110 valence electrons. The van der Waals surface area contributed by atoms with E-state index in [-0.39, 0.29) is 0 Å². The first-order valence-electron chi connectivity index (χ1n) is 7.61. The Labute approximate surface area is 125 Å². The van der Waals surface area contributed by atoms with Crippen LogP contribution in [0.15, 0.2) is 12.1 Å². The topological polar surface area (TPSA) is 45.4 Å². The van der Waals surface area contributed by atoms with Crippen molar-refractivity contribution in [2.24, 2.45) is 5.92 Å². The van der Waals surface area contributed by atoms with Gasteiger partial charge in [0.05, 0.1) is 0 Å². The van der Waals surface area contributed by atoms with Crippen LogP contribution in [0.2, 0.25) is 5.15 Å². The van der Waals surface area contributed by atoms with E-state index in [1.54, 1.807) is 6.07 Å². The van der Waals surface area contributed by atoms with Crippen molar-refractivity contribution in [2.45, 2.75) is 25.7 Å². The Morgan fingerprint density at radius 2 is 1.85 bits per heavy atom. The lowest BCUT2D eigenvalue weighted by atomic mass is 9.96. The normalized spacial score (nSPS) is 21.6. The van der Waals surface area contributed by atoms with Crippen molar-refractivity contribution in [2.75, 3.05) is 43.4 Å². The predicted molar refractivity (Wildman–Crippen MR) is 84.3 cm³/mol. The summed E-state index contributed by atoms with van der Waals surface area (Å²) in [5, 5.41) is 0.485. The van der Waals surface area contributed by atoms with E-state index < -0.39 is 0 Å². The fourth-order valence-electron chi connectivity index (χ4n) is 3.34. The summed E-state index contributed by atoms with van der Waals surface area (Å²) in [7, 11) is 0. The SMILES string of the molecule is Nc1cc(Cl)nc(N2CCC(CN3CCCC3)CC2)c1. The summed E-state index contributed by atoms with van der Waals surface area (Å²) in [6.07, 6.45) is 5.24. The average molecular weight is 295 g/mol. The van der Waals surface area contributed by atoms with Crippen LogP contribution in [0.25, 0.3) is 0 Å². The second-order valence-electron chi connectivity index (χ2n) is 6.02. The maximum atomic E-state index is 5.99. The fraction of sp³-hybridized carbons (Fsp3) is 0.667. The van der Waals surface area contributed by atoms with Crippen molar-refractivity contribution in [3.63, 3.8) is 0 Å². The second-order valence-corrected chi connectivity index (χ2v) is 6.41. The molecule has 0 bridgehead atoms. The number of nitrogen functional groups attached to an aromatic ring is 1. The van der Waals surface area contributed by atoms with Gasteiger partial charge in [-0.05, 0) is 50.8 Å². The standard InChI is InChI=1S/C15H23ClN4/c16-14-9-13(17)10-15(18-14)20-7-3-12(4-8-20)11-19-5-1-2-6-19/h9-10,12H,1-8,11H2,(H2,17,18). The third-order valence-corrected chi connectivity index (χ3v) is 4.65. The molecule has 0 amide bonds. The van der Waals surface area contributed by atoms with Crippen LogP contribution in [-0.4, -0.2) is 42.6 Å². The minimum Gasteiger partial charge on any atom is -0.399 e. The maximum Gasteiger partial charge on any atom is 0.133 e. The Balaban J connectivity index is 1.55. The van der Waals surface area contributed by atoms with Gasteiger partial charge in [0.1, 0.15) is 11.0 Å². The molecule has 4 nitrogen and oxygen atoms in total. The first-order valence-corrected chi connectivity index (χ1v) is 7.99. The predicted octanol–water partition coefficient (Wildman–Crippen LogP) is 2.63. The molecule has 2 fully saturated rings. The summed E-state index contributed by atoms with van der Waals surface area (Å²) in [5.74, 6) is 1.76. The van der Waals surface area contributed by atoms with Crippen LogP contribution in [0.5, 0.6) is 0 Å². The second kappa shape index (κ2) is 6.19. The molecule has 0 saturated carbocycles. The van der Waals surface area contributed by atoms with Gasteiger partial charge in [0.2, 0.25) is 0 Å². The van der Waals surface area contributed by atoms with Crippen molar-refractivity contribution in [1.29, 1.82) is 0 Å². The Bertz CT molecular complexity index is 431. The van der Waals surface area contributed by atoms with Crippen molar-refractivity contribution in [3.05, 3.63) is 17.3 Å². The number of nitrogens with two attached hydrogens (primary N) is 1. The monoisotopic (exact) mass is 294 g/mol. The highest BCUT2D eigenvalue weighted by atomic mass is 35.5. The molecule has 5 heteroatoms. The zero-order valence-corrected chi connectivity index (χ0v) is 12.6. The molecule has 3 heterocycles. The average Bonchev–Trinajstić information content (AvgIpc) is 2.91. The summed E-state index contributed by atoms with van der Waals surface area (Å²) in [6, 6.07) is 3.62. The molecule has 2 aliphatic rings. The van der Waals surface area contributed by atoms with E-state index in [1.165, 1.54) is 45.3 Å². The number of nitrogens with zero attached hydrogens (tertiary/aromatic N) is 3. The van der Waals surface area contributed by atoms with Crippen molar-refractivity contribution in [3.8, 4) is 0 Å². The van der Waals surface area contributed by atoms with Crippen LogP contribution in [0.3, 0.4) is 0 Å². The number of hydrogen-bond acceptors (Lipinski definition) is 4. The van der Waals surface area contributed by atoms with Gasteiger partial charge in [0, 0.05) is 31.4 Å². The van der Waals surface area contributed by atoms with E-state index in [0.29, 0.717) is 10.8 Å². The minimum absolute atomic E-state index is 0.485. The zero-order valence-electron chi connectivity index (χ0n) is 11.9. The summed E-state index contributed by atoms with van der Waals surface area (Å²) in [4.78, 5) is 9.32. The van der Waals surface area contributed by atoms with Crippen LogP contribution < -0.4 is 10.6 Å². The summed E-state index contributed by atoms with van der Waals surface area (Å²) in [6.45, 7) is 5.99. The van der Waals surface area contributed by atoms with Gasteiger partial charge < -0.3 is 15.5 Å². The van der Waals surface area contributed by atoms with Gasteiger partial charge in [-0.3, -0.25) is 0 Å². The van der Waals surface area contributed by atoms with Crippen LogP contribution >= 0.6 is 11.6 Å². The zero-order chi connectivity index (χ0) is 13.9. The molecule has 3 rings (SSSR count). The maximum absolute atomic E-state index is 5.99. The number of anilines is 2. The van der Waals surface area contributed by atoms with E-state index in [2.05, 4.69) is 14.8 Å². The van der Waals surface area contributed by atoms with Gasteiger partial charge in [-0.25, -0.2) is 4.98 Å². The highest BCUT2D eigenvalue weighted by molar-refractivity contribution is 6.29. The van der Waals surface area contributed by atoms with Gasteiger partial charge >= 0.3 is 0 Å². The molecule has 2 N–H and O–H groups in total. The first kappa shape index (κ1) is 14.0. The van der Waals surface area contributed by atoms with E-state index in [9.17, 15) is 0 Å². The molecule has 0 radical (unpaired) electrons. The van der Waals surface area contributed by atoms with Gasteiger partial charge in [-0.2, -0.15) is 0 Å². The quantitative estimate of drug-likeness (QED) is 0.871. The minimum atomic E-state index is 0.485. The van der Waals surface area contributed by atoms with Gasteiger partial charge in [0.25, 0.3) is 0 Å². The lowest BCUT2D eigenvalue weighted by Crippen LogP contribution is -2.38. The summed E-state index contributed by atoms with van der Waals surface area (Å²) in [5.41, 5.74) is 6.54. The lowest BCUT2D eigenvalue weighted by molar-refractivity contribution is 0.249. The fourth-order valence-corrected chi connectivity index (χ4v) is 3.55. The summed E-state index contributed by atoms with van der Waals surface area (Å²) < 4.78 is 0. The highest BCUT2D eigenvalue weighted by Crippen LogP contribution is 2.26. The van der Waals surface area contributed by atoms with E-state index in [4.69, 9.17) is 17.3 Å². The van der Waals surface area contributed by atoms with Gasteiger partial charge in [0.15, 0.2) is 0 Å². The molecular formula is C15H23ClN4. The molecule has 0 atom stereocenters. The molecule has 2 saturated heterocycles. The largest absolute Gasteiger partial charge is 0.399 e. The summed E-state index contributed by atoms with van der Waals surface area (Å²) >= 11 is 5.99. The first-order chi connectivity index (χ1) is 9.70. The number of likely N-dealkylation sites (tertiary alicyclic amines) is 1. The smallest absolute Gasteiger partial charge is 0.133 e. The van der Waals surface area contributed by atoms with Crippen LogP contribution in [0, 0.1) is 5.92 Å². The number of rotatable bonds is 3. The van der Waals surface area contributed by atoms with E-state index >= 15 is 0 Å². The number of piperidine rings is 1. The third-order valence-electron chi connectivity index (χ3n) is 4.46. The highest BCUT2D eigenvalue weighted by Gasteiger charge is 2.23. The molecule has 2 aliphatic heterocycles. The number of hydrogen-bond donors (Lipinski definition) is 1. The van der Waals surface area contributed by atoms with Crippen molar-refractivity contribution >= 4 is 23.1 Å². The molecule has 1 aromatic heterocycles. The molecular weight excluding hydrogens is 272 g/mol. The molecule has 0 aliphatic carbocycles. The molecule has 20 heavy (non-hydrogen) atoms. The van der Waals surface area contributed by atoms with Gasteiger partial charge in [-0.15, -0.1) is 0 Å². The molecule has 1 aromatic rings. The Morgan fingerprint density at radius 3 is 2.50 bits per heavy atom.